The Kier molecular flexibility index (Phi) is 10.4. The number of rotatable bonds is 7. The molecule has 6 nitrogen and oxygen atoms in total. The van der Waals surface area contributed by atoms with Crippen molar-refractivity contribution in [2.45, 2.75) is 19.9 Å². The molecule has 0 aliphatic heterocycles. The van der Waals surface area contributed by atoms with Gasteiger partial charge in [-0.05, 0) is 43.7 Å². The molecule has 0 aromatic heterocycles. The van der Waals surface area contributed by atoms with E-state index in [0.29, 0.717) is 24.6 Å². The van der Waals surface area contributed by atoms with Crippen LogP contribution in [0.1, 0.15) is 35.8 Å². The lowest BCUT2D eigenvalue weighted by Gasteiger charge is -2.18. The molecule has 0 saturated heterocycles. The average Bonchev–Trinajstić information content (AvgIpc) is 2.67. The van der Waals surface area contributed by atoms with Gasteiger partial charge in [0.1, 0.15) is 5.75 Å². The molecule has 9 heteroatoms. The van der Waals surface area contributed by atoms with Crippen LogP contribution in [-0.4, -0.2) is 36.6 Å². The van der Waals surface area contributed by atoms with E-state index < -0.39 is 11.6 Å². The summed E-state index contributed by atoms with van der Waals surface area (Å²) in [5, 5.41) is 18.5. The fraction of sp³-hybridized carbons (Fsp3) is 0.300. The highest BCUT2D eigenvalue weighted by Crippen LogP contribution is 2.16. The first kappa shape index (κ1) is 24.6. The van der Waals surface area contributed by atoms with Crippen LogP contribution in [0.15, 0.2) is 47.5 Å². The fourth-order valence-electron chi connectivity index (χ4n) is 2.49. The molecule has 2 aromatic rings. The second kappa shape index (κ2) is 12.2. The van der Waals surface area contributed by atoms with Crippen molar-refractivity contribution in [3.05, 3.63) is 65.2 Å². The minimum absolute atomic E-state index is 0. The van der Waals surface area contributed by atoms with Crippen LogP contribution in [0.3, 0.4) is 0 Å². The van der Waals surface area contributed by atoms with Crippen molar-refractivity contribution in [1.82, 2.24) is 16.0 Å². The zero-order chi connectivity index (χ0) is 20.5. The molecular formula is C20H25F2IN4O2. The maximum absolute atomic E-state index is 13.4. The molecule has 0 fully saturated rings. The number of hydrogen-bond donors (Lipinski definition) is 4. The zero-order valence-corrected chi connectivity index (χ0v) is 18.5. The number of carbonyl (C=O) groups excluding carboxylic acids is 1. The first-order chi connectivity index (χ1) is 13.4. The number of phenols is 1. The molecule has 2 rings (SSSR count). The summed E-state index contributed by atoms with van der Waals surface area (Å²) in [5.41, 5.74) is 0.779. The van der Waals surface area contributed by atoms with Gasteiger partial charge in [-0.1, -0.05) is 18.2 Å². The Bertz CT molecular complexity index is 849. The molecule has 0 heterocycles. The van der Waals surface area contributed by atoms with Crippen LogP contribution in [-0.2, 0) is 0 Å². The molecule has 158 valence electrons. The van der Waals surface area contributed by atoms with E-state index in [1.165, 1.54) is 18.2 Å². The lowest BCUT2D eigenvalue weighted by atomic mass is 10.1. The fourth-order valence-corrected chi connectivity index (χ4v) is 2.49. The maximum atomic E-state index is 13.4. The van der Waals surface area contributed by atoms with Gasteiger partial charge in [-0.15, -0.1) is 24.0 Å². The van der Waals surface area contributed by atoms with Crippen molar-refractivity contribution >= 4 is 35.8 Å². The van der Waals surface area contributed by atoms with E-state index in [9.17, 15) is 18.7 Å². The molecule has 0 bridgehead atoms. The highest BCUT2D eigenvalue weighted by atomic mass is 127. The summed E-state index contributed by atoms with van der Waals surface area (Å²) in [6.45, 7) is 4.88. The summed E-state index contributed by atoms with van der Waals surface area (Å²) >= 11 is 0. The van der Waals surface area contributed by atoms with E-state index in [0.717, 1.165) is 12.1 Å². The molecule has 0 aliphatic rings. The minimum atomic E-state index is -0.903. The normalized spacial score (nSPS) is 11.9. The van der Waals surface area contributed by atoms with Gasteiger partial charge in [-0.25, -0.2) is 8.78 Å². The van der Waals surface area contributed by atoms with Crippen LogP contribution < -0.4 is 16.0 Å². The van der Waals surface area contributed by atoms with Gasteiger partial charge in [0, 0.05) is 13.1 Å². The highest BCUT2D eigenvalue weighted by Gasteiger charge is 2.11. The molecule has 1 unspecified atom stereocenters. The Labute approximate surface area is 185 Å². The van der Waals surface area contributed by atoms with Gasteiger partial charge in [0.05, 0.1) is 18.2 Å². The van der Waals surface area contributed by atoms with E-state index in [1.807, 2.05) is 6.92 Å². The Morgan fingerprint density at radius 1 is 1.14 bits per heavy atom. The molecule has 29 heavy (non-hydrogen) atoms. The van der Waals surface area contributed by atoms with Crippen LogP contribution in [0.2, 0.25) is 0 Å². The summed E-state index contributed by atoms with van der Waals surface area (Å²) in [7, 11) is 0. The van der Waals surface area contributed by atoms with E-state index in [1.54, 1.807) is 19.1 Å². The first-order valence-corrected chi connectivity index (χ1v) is 8.98. The van der Waals surface area contributed by atoms with E-state index in [2.05, 4.69) is 20.9 Å². The van der Waals surface area contributed by atoms with Crippen molar-refractivity contribution in [3.63, 3.8) is 0 Å². The molecule has 0 spiro atoms. The van der Waals surface area contributed by atoms with Crippen molar-refractivity contribution in [2.75, 3.05) is 19.6 Å². The number of nitrogens with one attached hydrogen (secondary N) is 3. The number of para-hydroxylation sites is 1. The smallest absolute Gasteiger partial charge is 0.255 e. The van der Waals surface area contributed by atoms with Gasteiger partial charge in [-0.3, -0.25) is 9.79 Å². The van der Waals surface area contributed by atoms with E-state index in [-0.39, 0.29) is 53.8 Å². The molecular weight excluding hydrogens is 493 g/mol. The third kappa shape index (κ3) is 7.48. The zero-order valence-electron chi connectivity index (χ0n) is 16.2. The number of phenolic OH excluding ortho intramolecular Hbond substituents is 1. The third-order valence-corrected chi connectivity index (χ3v) is 3.96. The number of amides is 1. The van der Waals surface area contributed by atoms with Crippen molar-refractivity contribution in [3.8, 4) is 5.75 Å². The third-order valence-electron chi connectivity index (χ3n) is 3.96. The lowest BCUT2D eigenvalue weighted by Crippen LogP contribution is -2.39. The predicted molar refractivity (Wildman–Crippen MR) is 120 cm³/mol. The quantitative estimate of drug-likeness (QED) is 0.196. The number of hydrogen-bond acceptors (Lipinski definition) is 3. The van der Waals surface area contributed by atoms with Crippen LogP contribution >= 0.6 is 24.0 Å². The number of guanidine groups is 1. The average molecular weight is 518 g/mol. The molecule has 1 atom stereocenters. The standard InChI is InChI=1S/C20H24F2N4O2.HI/c1-3-23-20(26-13(2)14-8-9-16(21)17(22)12-14)25-11-10-24-19(28)15-6-4-5-7-18(15)27;/h4-9,12-13,27H,3,10-11H2,1-2H3,(H,24,28)(H2,23,25,26);1H. The molecule has 2 aromatic carbocycles. The highest BCUT2D eigenvalue weighted by molar-refractivity contribution is 14.0. The van der Waals surface area contributed by atoms with Crippen LogP contribution in [0.4, 0.5) is 8.78 Å². The maximum Gasteiger partial charge on any atom is 0.255 e. The Morgan fingerprint density at radius 3 is 2.52 bits per heavy atom. The van der Waals surface area contributed by atoms with Gasteiger partial charge in [0.25, 0.3) is 5.91 Å². The van der Waals surface area contributed by atoms with Crippen molar-refractivity contribution in [1.29, 1.82) is 0 Å². The molecule has 1 amide bonds. The topological polar surface area (TPSA) is 85.8 Å². The summed E-state index contributed by atoms with van der Waals surface area (Å²) in [6, 6.07) is 9.71. The van der Waals surface area contributed by atoms with E-state index >= 15 is 0 Å². The number of nitrogens with zero attached hydrogens (tertiary/aromatic N) is 1. The second-order valence-corrected chi connectivity index (χ2v) is 6.07. The van der Waals surface area contributed by atoms with Gasteiger partial charge in [0.15, 0.2) is 17.6 Å². The summed E-state index contributed by atoms with van der Waals surface area (Å²) in [4.78, 5) is 16.4. The predicted octanol–water partition coefficient (Wildman–Crippen LogP) is 3.33. The Balaban J connectivity index is 0.00000420. The van der Waals surface area contributed by atoms with E-state index in [4.69, 9.17) is 0 Å². The lowest BCUT2D eigenvalue weighted by molar-refractivity contribution is 0.0952. The number of aliphatic imine (C=N–C) groups is 1. The Hall–Kier alpha value is -2.43. The summed E-state index contributed by atoms with van der Waals surface area (Å²) in [6.07, 6.45) is 0. The Morgan fingerprint density at radius 2 is 1.86 bits per heavy atom. The number of carbonyl (C=O) groups is 1. The molecule has 0 aliphatic carbocycles. The number of aromatic hydroxyl groups is 1. The monoisotopic (exact) mass is 518 g/mol. The second-order valence-electron chi connectivity index (χ2n) is 6.07. The number of benzene rings is 2. The minimum Gasteiger partial charge on any atom is -0.507 e. The van der Waals surface area contributed by atoms with Crippen LogP contribution in [0.25, 0.3) is 0 Å². The summed E-state index contributed by atoms with van der Waals surface area (Å²) in [5.74, 6) is -1.78. The van der Waals surface area contributed by atoms with Crippen molar-refractivity contribution in [2.24, 2.45) is 4.99 Å². The summed E-state index contributed by atoms with van der Waals surface area (Å²) < 4.78 is 26.5. The largest absolute Gasteiger partial charge is 0.507 e. The molecule has 4 N–H and O–H groups in total. The molecule has 0 radical (unpaired) electrons. The van der Waals surface area contributed by atoms with Gasteiger partial charge >= 0.3 is 0 Å². The van der Waals surface area contributed by atoms with Gasteiger partial charge in [-0.2, -0.15) is 0 Å². The molecule has 0 saturated carbocycles. The van der Waals surface area contributed by atoms with Gasteiger partial charge in [0.2, 0.25) is 0 Å². The van der Waals surface area contributed by atoms with Crippen molar-refractivity contribution < 1.29 is 18.7 Å². The van der Waals surface area contributed by atoms with Crippen LogP contribution in [0.5, 0.6) is 5.75 Å². The van der Waals surface area contributed by atoms with Gasteiger partial charge < -0.3 is 21.1 Å². The first-order valence-electron chi connectivity index (χ1n) is 8.98. The van der Waals surface area contributed by atoms with Crippen LogP contribution in [0, 0.1) is 11.6 Å². The number of halogens is 3. The SMILES string of the molecule is CCNC(=NCCNC(=O)c1ccccc1O)NC(C)c1ccc(F)c(F)c1.I.